The number of hydrogen-bond donors (Lipinski definition) is 1. The molecule has 1 fully saturated rings. The van der Waals surface area contributed by atoms with E-state index in [2.05, 4.69) is 23.3 Å². The molecule has 0 aromatic carbocycles. The zero-order valence-electron chi connectivity index (χ0n) is 9.82. The molecule has 16 heavy (non-hydrogen) atoms. The van der Waals surface area contributed by atoms with Gasteiger partial charge in [0.05, 0.1) is 0 Å². The van der Waals surface area contributed by atoms with E-state index in [9.17, 15) is 0 Å². The number of nitrogens with two attached hydrogens (primary N) is 1. The van der Waals surface area contributed by atoms with Gasteiger partial charge in [0.2, 0.25) is 0 Å². The predicted octanol–water partition coefficient (Wildman–Crippen LogP) is 2.65. The zero-order chi connectivity index (χ0) is 10.7. The van der Waals surface area contributed by atoms with E-state index in [1.165, 1.54) is 36.4 Å². The van der Waals surface area contributed by atoms with Crippen molar-refractivity contribution in [3.8, 4) is 0 Å². The monoisotopic (exact) mass is 260 g/mol. The summed E-state index contributed by atoms with van der Waals surface area (Å²) in [5.74, 6) is 0.721. The highest BCUT2D eigenvalue weighted by atomic mass is 35.5. The Kier molecular flexibility index (Phi) is 5.76. The second kappa shape index (κ2) is 6.60. The molecule has 92 valence electrons. The minimum absolute atomic E-state index is 0. The molecule has 4 heteroatoms. The molecule has 1 aromatic heterocycles. The van der Waals surface area contributed by atoms with Crippen LogP contribution in [0.4, 0.5) is 0 Å². The molecule has 0 radical (unpaired) electrons. The molecule has 0 saturated carbocycles. The lowest BCUT2D eigenvalue weighted by molar-refractivity contribution is 0.172. The summed E-state index contributed by atoms with van der Waals surface area (Å²) in [6, 6.07) is 2.21. The number of likely N-dealkylation sites (tertiary alicyclic amines) is 1. The van der Waals surface area contributed by atoms with Gasteiger partial charge in [-0.15, -0.1) is 23.7 Å². The third kappa shape index (κ3) is 3.45. The largest absolute Gasteiger partial charge is 0.330 e. The van der Waals surface area contributed by atoms with Gasteiger partial charge >= 0.3 is 0 Å². The van der Waals surface area contributed by atoms with E-state index in [0.717, 1.165) is 19.0 Å². The number of halogens is 1. The van der Waals surface area contributed by atoms with E-state index in [0.29, 0.717) is 0 Å². The molecule has 1 aliphatic rings. The highest BCUT2D eigenvalue weighted by Crippen LogP contribution is 2.22. The summed E-state index contributed by atoms with van der Waals surface area (Å²) in [6.07, 6.45) is 2.63. The standard InChI is InChI=1S/C12H20N2S.ClH/c1-10-4-6-15-12(10)9-14-5-2-3-11(7-13)8-14;/h4,6,11H,2-3,5,7-9,13H2,1H3;1H. The topological polar surface area (TPSA) is 29.3 Å². The van der Waals surface area contributed by atoms with Gasteiger partial charge in [0.15, 0.2) is 0 Å². The van der Waals surface area contributed by atoms with E-state index in [1.54, 1.807) is 0 Å². The second-order valence-electron chi connectivity index (χ2n) is 4.51. The Labute approximate surface area is 108 Å². The Hall–Kier alpha value is -0.0900. The van der Waals surface area contributed by atoms with Gasteiger partial charge in [0, 0.05) is 18.0 Å². The van der Waals surface area contributed by atoms with Gasteiger partial charge in [0.25, 0.3) is 0 Å². The predicted molar refractivity (Wildman–Crippen MR) is 73.4 cm³/mol. The van der Waals surface area contributed by atoms with Gasteiger partial charge in [-0.1, -0.05) is 0 Å². The summed E-state index contributed by atoms with van der Waals surface area (Å²) in [6.45, 7) is 6.61. The van der Waals surface area contributed by atoms with Crippen molar-refractivity contribution < 1.29 is 0 Å². The van der Waals surface area contributed by atoms with Crippen LogP contribution in [0.1, 0.15) is 23.3 Å². The van der Waals surface area contributed by atoms with E-state index in [4.69, 9.17) is 5.73 Å². The van der Waals surface area contributed by atoms with Crippen LogP contribution < -0.4 is 5.73 Å². The third-order valence-electron chi connectivity index (χ3n) is 3.27. The van der Waals surface area contributed by atoms with Crippen LogP contribution in [-0.4, -0.2) is 24.5 Å². The van der Waals surface area contributed by atoms with Crippen LogP contribution in [0.5, 0.6) is 0 Å². The highest BCUT2D eigenvalue weighted by molar-refractivity contribution is 7.10. The zero-order valence-corrected chi connectivity index (χ0v) is 11.4. The van der Waals surface area contributed by atoms with Crippen molar-refractivity contribution in [2.75, 3.05) is 19.6 Å². The van der Waals surface area contributed by atoms with Crippen LogP contribution in [0.2, 0.25) is 0 Å². The lowest BCUT2D eigenvalue weighted by Crippen LogP contribution is -2.37. The molecule has 1 saturated heterocycles. The Balaban J connectivity index is 0.00000128. The molecule has 2 nitrogen and oxygen atoms in total. The molecule has 2 N–H and O–H groups in total. The van der Waals surface area contributed by atoms with Crippen LogP contribution in [0.15, 0.2) is 11.4 Å². The summed E-state index contributed by atoms with van der Waals surface area (Å²) in [4.78, 5) is 4.08. The maximum absolute atomic E-state index is 5.74. The van der Waals surface area contributed by atoms with Crippen molar-refractivity contribution in [2.24, 2.45) is 11.7 Å². The molecule has 1 atom stereocenters. The number of nitrogens with zero attached hydrogens (tertiary/aromatic N) is 1. The summed E-state index contributed by atoms with van der Waals surface area (Å²) in [5.41, 5.74) is 7.18. The summed E-state index contributed by atoms with van der Waals surface area (Å²) >= 11 is 1.88. The summed E-state index contributed by atoms with van der Waals surface area (Å²) < 4.78 is 0. The minimum atomic E-state index is 0. The van der Waals surface area contributed by atoms with Crippen molar-refractivity contribution >= 4 is 23.7 Å². The van der Waals surface area contributed by atoms with Crippen LogP contribution in [0, 0.1) is 12.8 Å². The van der Waals surface area contributed by atoms with Crippen molar-refractivity contribution in [3.63, 3.8) is 0 Å². The Morgan fingerprint density at radius 2 is 2.38 bits per heavy atom. The quantitative estimate of drug-likeness (QED) is 0.906. The van der Waals surface area contributed by atoms with Gasteiger partial charge in [-0.2, -0.15) is 0 Å². The van der Waals surface area contributed by atoms with Crippen LogP contribution >= 0.6 is 23.7 Å². The maximum Gasteiger partial charge on any atom is 0.0330 e. The molecular formula is C12H21ClN2S. The third-order valence-corrected chi connectivity index (χ3v) is 4.28. The molecule has 0 spiro atoms. The van der Waals surface area contributed by atoms with Gasteiger partial charge in [-0.25, -0.2) is 0 Å². The highest BCUT2D eigenvalue weighted by Gasteiger charge is 2.19. The first kappa shape index (κ1) is 14.0. The first-order valence-corrected chi connectivity index (χ1v) is 6.63. The van der Waals surface area contributed by atoms with Crippen molar-refractivity contribution in [1.29, 1.82) is 0 Å². The van der Waals surface area contributed by atoms with Gasteiger partial charge < -0.3 is 5.73 Å². The average molecular weight is 261 g/mol. The molecule has 1 unspecified atom stereocenters. The number of piperidine rings is 1. The maximum atomic E-state index is 5.74. The molecule has 0 bridgehead atoms. The fraction of sp³-hybridized carbons (Fsp3) is 0.667. The Bertz CT molecular complexity index is 314. The Morgan fingerprint density at radius 1 is 1.56 bits per heavy atom. The normalized spacial score (nSPS) is 21.8. The van der Waals surface area contributed by atoms with E-state index < -0.39 is 0 Å². The van der Waals surface area contributed by atoms with Gasteiger partial charge in [0.1, 0.15) is 0 Å². The lowest BCUT2D eigenvalue weighted by atomic mass is 9.98. The molecule has 2 heterocycles. The lowest BCUT2D eigenvalue weighted by Gasteiger charge is -2.31. The number of aryl methyl sites for hydroxylation is 1. The van der Waals surface area contributed by atoms with Crippen LogP contribution in [0.25, 0.3) is 0 Å². The fourth-order valence-corrected chi connectivity index (χ4v) is 3.20. The van der Waals surface area contributed by atoms with E-state index >= 15 is 0 Å². The van der Waals surface area contributed by atoms with E-state index in [1.807, 2.05) is 11.3 Å². The first-order chi connectivity index (χ1) is 7.29. The first-order valence-electron chi connectivity index (χ1n) is 5.75. The fourth-order valence-electron chi connectivity index (χ4n) is 2.26. The Morgan fingerprint density at radius 3 is 3.00 bits per heavy atom. The molecule has 0 aliphatic carbocycles. The van der Waals surface area contributed by atoms with Crippen molar-refractivity contribution in [3.05, 3.63) is 21.9 Å². The summed E-state index contributed by atoms with van der Waals surface area (Å²) in [5, 5.41) is 2.19. The number of hydrogen-bond acceptors (Lipinski definition) is 3. The molecule has 0 amide bonds. The van der Waals surface area contributed by atoms with Crippen LogP contribution in [0.3, 0.4) is 0 Å². The molecule has 2 rings (SSSR count). The van der Waals surface area contributed by atoms with Crippen LogP contribution in [-0.2, 0) is 6.54 Å². The van der Waals surface area contributed by atoms with Gasteiger partial charge in [-0.05, 0) is 55.8 Å². The van der Waals surface area contributed by atoms with Crippen molar-refractivity contribution in [1.82, 2.24) is 4.90 Å². The smallest absolute Gasteiger partial charge is 0.0330 e. The second-order valence-corrected chi connectivity index (χ2v) is 5.51. The molecule has 1 aliphatic heterocycles. The molecular weight excluding hydrogens is 240 g/mol. The SMILES string of the molecule is Cc1ccsc1CN1CCCC(CN)C1.Cl. The van der Waals surface area contributed by atoms with Crippen molar-refractivity contribution in [2.45, 2.75) is 26.3 Å². The van der Waals surface area contributed by atoms with Gasteiger partial charge in [-0.3, -0.25) is 4.90 Å². The number of thiophene rings is 1. The van der Waals surface area contributed by atoms with E-state index in [-0.39, 0.29) is 12.4 Å². The summed E-state index contributed by atoms with van der Waals surface area (Å²) in [7, 11) is 0. The average Bonchev–Trinajstić information content (AvgIpc) is 2.65. The molecule has 1 aromatic rings. The number of rotatable bonds is 3. The minimum Gasteiger partial charge on any atom is -0.330 e.